The van der Waals surface area contributed by atoms with Crippen LogP contribution in [0.2, 0.25) is 0 Å². The number of thiazole rings is 1. The number of piperidine rings is 1. The predicted molar refractivity (Wildman–Crippen MR) is 80.5 cm³/mol. The van der Waals surface area contributed by atoms with Gasteiger partial charge in [-0.3, -0.25) is 4.90 Å². The molecule has 3 rings (SSSR count). The van der Waals surface area contributed by atoms with Crippen molar-refractivity contribution >= 4 is 11.3 Å². The van der Waals surface area contributed by atoms with Gasteiger partial charge in [-0.05, 0) is 65.5 Å². The molecule has 2 N–H and O–H groups in total. The second-order valence-corrected chi connectivity index (χ2v) is 8.50. The fourth-order valence-corrected chi connectivity index (χ4v) is 4.82. The number of aryl methyl sites for hydroxylation is 1. The predicted octanol–water partition coefficient (Wildman–Crippen LogP) is 2.89. The third-order valence-corrected chi connectivity index (χ3v) is 6.00. The molecule has 0 unspecified atom stereocenters. The molecule has 1 aliphatic carbocycles. The van der Waals surface area contributed by atoms with Gasteiger partial charge in [0, 0.05) is 10.4 Å². The minimum Gasteiger partial charge on any atom is -0.322 e. The van der Waals surface area contributed by atoms with E-state index in [0.29, 0.717) is 5.41 Å². The summed E-state index contributed by atoms with van der Waals surface area (Å²) < 4.78 is 0. The van der Waals surface area contributed by atoms with Crippen molar-refractivity contribution in [2.24, 2.45) is 11.1 Å². The summed E-state index contributed by atoms with van der Waals surface area (Å²) in [6.07, 6.45) is 3.59. The van der Waals surface area contributed by atoms with Crippen molar-refractivity contribution < 1.29 is 0 Å². The van der Waals surface area contributed by atoms with Gasteiger partial charge in [-0.2, -0.15) is 0 Å². The van der Waals surface area contributed by atoms with E-state index in [4.69, 9.17) is 5.73 Å². The average Bonchev–Trinajstić information content (AvgIpc) is 2.77. The first-order valence-corrected chi connectivity index (χ1v) is 8.10. The van der Waals surface area contributed by atoms with Gasteiger partial charge in [-0.1, -0.05) is 0 Å². The van der Waals surface area contributed by atoms with E-state index in [1.54, 1.807) is 0 Å². The monoisotopic (exact) mass is 279 g/mol. The highest BCUT2D eigenvalue weighted by Gasteiger charge is 2.48. The average molecular weight is 279 g/mol. The van der Waals surface area contributed by atoms with Gasteiger partial charge < -0.3 is 5.73 Å². The molecule has 3 nitrogen and oxygen atoms in total. The van der Waals surface area contributed by atoms with Crippen molar-refractivity contribution in [3.05, 3.63) is 15.6 Å². The summed E-state index contributed by atoms with van der Waals surface area (Å²) in [4.78, 5) is 8.72. The molecule has 0 bridgehead atoms. The number of nitrogens with zero attached hydrogens (tertiary/aromatic N) is 2. The van der Waals surface area contributed by atoms with E-state index in [1.165, 1.54) is 41.5 Å². The number of likely N-dealkylation sites (tertiary alicyclic amines) is 1. The number of rotatable bonds is 0. The summed E-state index contributed by atoms with van der Waals surface area (Å²) >= 11 is 1.85. The van der Waals surface area contributed by atoms with Crippen LogP contribution >= 0.6 is 11.3 Å². The van der Waals surface area contributed by atoms with Crippen LogP contribution in [0.3, 0.4) is 0 Å². The van der Waals surface area contributed by atoms with E-state index in [2.05, 4.69) is 37.6 Å². The lowest BCUT2D eigenvalue weighted by Crippen LogP contribution is -2.51. The Labute approximate surface area is 120 Å². The number of hydrogen-bond acceptors (Lipinski definition) is 4. The van der Waals surface area contributed by atoms with Gasteiger partial charge in [0.1, 0.15) is 0 Å². The lowest BCUT2D eigenvalue weighted by Gasteiger charge is -2.46. The van der Waals surface area contributed by atoms with Gasteiger partial charge in [0.15, 0.2) is 0 Å². The Morgan fingerprint density at radius 3 is 2.47 bits per heavy atom. The van der Waals surface area contributed by atoms with Crippen molar-refractivity contribution in [1.82, 2.24) is 9.88 Å². The first kappa shape index (κ1) is 13.5. The highest BCUT2D eigenvalue weighted by atomic mass is 32.1. The van der Waals surface area contributed by atoms with E-state index >= 15 is 0 Å². The minimum absolute atomic E-state index is 0.162. The maximum Gasteiger partial charge on any atom is 0.0900 e. The van der Waals surface area contributed by atoms with E-state index in [1.807, 2.05) is 11.3 Å². The van der Waals surface area contributed by atoms with Crippen molar-refractivity contribution in [2.45, 2.75) is 58.5 Å². The number of fused-ring (bicyclic) bond motifs is 1. The van der Waals surface area contributed by atoms with Crippen LogP contribution in [-0.4, -0.2) is 28.5 Å². The Kier molecular flexibility index (Phi) is 3.04. The van der Waals surface area contributed by atoms with Crippen molar-refractivity contribution in [1.29, 1.82) is 0 Å². The zero-order valence-corrected chi connectivity index (χ0v) is 13.3. The van der Waals surface area contributed by atoms with Crippen LogP contribution in [0.5, 0.6) is 0 Å². The van der Waals surface area contributed by atoms with Crippen molar-refractivity contribution in [3.8, 4) is 0 Å². The Balaban J connectivity index is 1.77. The molecule has 1 atom stereocenters. The molecule has 0 radical (unpaired) electrons. The lowest BCUT2D eigenvalue weighted by molar-refractivity contribution is 0.0342. The van der Waals surface area contributed by atoms with Crippen LogP contribution < -0.4 is 5.73 Å². The Morgan fingerprint density at radius 1 is 1.32 bits per heavy atom. The molecule has 19 heavy (non-hydrogen) atoms. The molecule has 1 aliphatic heterocycles. The lowest BCUT2D eigenvalue weighted by atomic mass is 9.73. The molecule has 0 aromatic carbocycles. The maximum absolute atomic E-state index is 6.55. The van der Waals surface area contributed by atoms with E-state index in [-0.39, 0.29) is 11.6 Å². The number of hydrogen-bond donors (Lipinski definition) is 1. The van der Waals surface area contributed by atoms with Crippen LogP contribution in [0.25, 0.3) is 0 Å². The third-order valence-electron chi connectivity index (χ3n) is 5.01. The Morgan fingerprint density at radius 2 is 1.95 bits per heavy atom. The van der Waals surface area contributed by atoms with Gasteiger partial charge >= 0.3 is 0 Å². The smallest absolute Gasteiger partial charge is 0.0900 e. The molecule has 1 spiro atoms. The Hall–Kier alpha value is -0.450. The zero-order valence-electron chi connectivity index (χ0n) is 12.5. The standard InChI is InChI=1S/C15H25N3S/c1-10-17-12-11(19-10)9-15(13(12)16)5-7-18(8-6-15)14(2,3)4/h13H,5-9,16H2,1-4H3/t13-/m1/s1. The summed E-state index contributed by atoms with van der Waals surface area (Å²) in [5.74, 6) is 0. The van der Waals surface area contributed by atoms with Crippen molar-refractivity contribution in [2.75, 3.05) is 13.1 Å². The molecule has 106 valence electrons. The molecule has 2 heterocycles. The first-order valence-electron chi connectivity index (χ1n) is 7.29. The second-order valence-electron chi connectivity index (χ2n) is 7.22. The first-order chi connectivity index (χ1) is 8.82. The zero-order chi connectivity index (χ0) is 13.8. The molecular weight excluding hydrogens is 254 g/mol. The van der Waals surface area contributed by atoms with E-state index in [0.717, 1.165) is 6.42 Å². The fraction of sp³-hybridized carbons (Fsp3) is 0.800. The molecule has 4 heteroatoms. The molecule has 1 fully saturated rings. The SMILES string of the molecule is Cc1nc2c(s1)CC1(CCN(C(C)(C)C)CC1)[C@@H]2N. The normalized spacial score (nSPS) is 26.9. The molecule has 1 aromatic heterocycles. The summed E-state index contributed by atoms with van der Waals surface area (Å²) in [7, 11) is 0. The minimum atomic E-state index is 0.162. The molecular formula is C15H25N3S. The molecule has 2 aliphatic rings. The molecule has 0 amide bonds. The number of aromatic nitrogens is 1. The van der Waals surface area contributed by atoms with E-state index in [9.17, 15) is 0 Å². The Bertz CT molecular complexity index is 478. The molecule has 1 saturated heterocycles. The largest absolute Gasteiger partial charge is 0.322 e. The topological polar surface area (TPSA) is 42.2 Å². The van der Waals surface area contributed by atoms with Gasteiger partial charge in [0.05, 0.1) is 16.7 Å². The summed E-state index contributed by atoms with van der Waals surface area (Å²) in [5.41, 5.74) is 8.33. The van der Waals surface area contributed by atoms with Gasteiger partial charge in [-0.25, -0.2) is 4.98 Å². The van der Waals surface area contributed by atoms with Gasteiger partial charge in [0.25, 0.3) is 0 Å². The third kappa shape index (κ3) is 2.14. The molecule has 1 aromatic rings. The molecule has 0 saturated carbocycles. The van der Waals surface area contributed by atoms with Crippen molar-refractivity contribution in [3.63, 3.8) is 0 Å². The van der Waals surface area contributed by atoms with Crippen LogP contribution in [0.15, 0.2) is 0 Å². The van der Waals surface area contributed by atoms with Gasteiger partial charge in [-0.15, -0.1) is 11.3 Å². The maximum atomic E-state index is 6.55. The fourth-order valence-electron chi connectivity index (χ4n) is 3.69. The summed E-state index contributed by atoms with van der Waals surface area (Å²) in [5, 5.41) is 1.17. The number of nitrogens with two attached hydrogens (primary N) is 1. The summed E-state index contributed by atoms with van der Waals surface area (Å²) in [6.45, 7) is 11.4. The van der Waals surface area contributed by atoms with Crippen LogP contribution in [0.4, 0.5) is 0 Å². The van der Waals surface area contributed by atoms with Crippen LogP contribution in [0.1, 0.15) is 55.2 Å². The van der Waals surface area contributed by atoms with Crippen LogP contribution in [0, 0.1) is 12.3 Å². The summed E-state index contributed by atoms with van der Waals surface area (Å²) in [6, 6.07) is 0.162. The van der Waals surface area contributed by atoms with E-state index < -0.39 is 0 Å². The highest BCUT2D eigenvalue weighted by Crippen LogP contribution is 2.52. The van der Waals surface area contributed by atoms with Crippen LogP contribution in [-0.2, 0) is 6.42 Å². The highest BCUT2D eigenvalue weighted by molar-refractivity contribution is 7.11. The second kappa shape index (κ2) is 4.27. The quantitative estimate of drug-likeness (QED) is 0.794. The van der Waals surface area contributed by atoms with Gasteiger partial charge in [0.2, 0.25) is 0 Å².